The highest BCUT2D eigenvalue weighted by Gasteiger charge is 2.13. The van der Waals surface area contributed by atoms with Crippen LogP contribution in [0.4, 0.5) is 5.69 Å². The fourth-order valence-electron chi connectivity index (χ4n) is 1.58. The van der Waals surface area contributed by atoms with Gasteiger partial charge in [0.15, 0.2) is 0 Å². The lowest BCUT2D eigenvalue weighted by Gasteiger charge is -2.22. The van der Waals surface area contributed by atoms with Crippen LogP contribution in [0.25, 0.3) is 0 Å². The molecule has 20 heavy (non-hydrogen) atoms. The first-order valence-corrected chi connectivity index (χ1v) is 6.72. The Morgan fingerprint density at radius 3 is 2.25 bits per heavy atom. The molecule has 0 aliphatic carbocycles. The maximum Gasteiger partial charge on any atom is 0.243 e. The minimum Gasteiger partial charge on any atom is -0.332 e. The normalized spacial score (nSPS) is 10.4. The monoisotopic (exact) mass is 297 g/mol. The molecule has 0 aliphatic heterocycles. The molecule has 1 rings (SSSR count). The summed E-state index contributed by atoms with van der Waals surface area (Å²) in [7, 11) is 3.85. The van der Waals surface area contributed by atoms with Gasteiger partial charge in [-0.25, -0.2) is 0 Å². The van der Waals surface area contributed by atoms with Gasteiger partial charge in [0.1, 0.15) is 0 Å². The molecule has 1 N–H and O–H groups in total. The van der Waals surface area contributed by atoms with Crippen LogP contribution < -0.4 is 5.32 Å². The van der Waals surface area contributed by atoms with E-state index < -0.39 is 0 Å². The number of nitrogens with one attached hydrogen (secondary N) is 1. The number of anilines is 1. The number of rotatable bonds is 6. The molecule has 0 radical (unpaired) electrons. The van der Waals surface area contributed by atoms with Crippen molar-refractivity contribution in [1.29, 1.82) is 0 Å². The first-order chi connectivity index (χ1) is 9.38. The van der Waals surface area contributed by atoms with Crippen LogP contribution in [0.3, 0.4) is 0 Å². The van der Waals surface area contributed by atoms with Crippen LogP contribution in [0, 0.1) is 0 Å². The Labute approximate surface area is 124 Å². The Balaban J connectivity index is 2.53. The van der Waals surface area contributed by atoms with E-state index in [1.54, 1.807) is 24.3 Å². The van der Waals surface area contributed by atoms with Gasteiger partial charge in [-0.1, -0.05) is 11.6 Å². The number of likely N-dealkylation sites (N-methyl/N-ethyl adjacent to an activating group) is 1. The second-order valence-electron chi connectivity index (χ2n) is 4.80. The molecule has 2 amide bonds. The highest BCUT2D eigenvalue weighted by atomic mass is 35.5. The smallest absolute Gasteiger partial charge is 0.243 e. The average Bonchev–Trinajstić information content (AvgIpc) is 2.36. The average molecular weight is 298 g/mol. The van der Waals surface area contributed by atoms with Crippen LogP contribution in [0.2, 0.25) is 5.02 Å². The van der Waals surface area contributed by atoms with Crippen LogP contribution in [0.15, 0.2) is 24.3 Å². The molecular formula is C14H20ClN3O2. The van der Waals surface area contributed by atoms with Crippen molar-refractivity contribution >= 4 is 29.1 Å². The van der Waals surface area contributed by atoms with Crippen molar-refractivity contribution in [3.8, 4) is 0 Å². The molecule has 6 heteroatoms. The highest BCUT2D eigenvalue weighted by Crippen LogP contribution is 2.13. The van der Waals surface area contributed by atoms with Crippen LogP contribution in [0.1, 0.15) is 6.92 Å². The van der Waals surface area contributed by atoms with E-state index in [1.165, 1.54) is 11.8 Å². The number of carbonyl (C=O) groups excluding carboxylic acids is 2. The molecule has 0 spiro atoms. The fraction of sp³-hybridized carbons (Fsp3) is 0.429. The van der Waals surface area contributed by atoms with Gasteiger partial charge >= 0.3 is 0 Å². The van der Waals surface area contributed by atoms with Crippen LogP contribution in [-0.4, -0.2) is 55.3 Å². The zero-order chi connectivity index (χ0) is 15.1. The maximum absolute atomic E-state index is 11.9. The van der Waals surface area contributed by atoms with Gasteiger partial charge in [0.2, 0.25) is 11.8 Å². The van der Waals surface area contributed by atoms with Gasteiger partial charge in [0, 0.05) is 30.7 Å². The summed E-state index contributed by atoms with van der Waals surface area (Å²) in [5, 5.41) is 3.35. The summed E-state index contributed by atoms with van der Waals surface area (Å²) in [6, 6.07) is 6.84. The minimum absolute atomic E-state index is 0.0474. The number of hydrogen-bond acceptors (Lipinski definition) is 3. The Hall–Kier alpha value is -1.59. The summed E-state index contributed by atoms with van der Waals surface area (Å²) in [6.45, 7) is 2.75. The molecule has 0 bridgehead atoms. The second-order valence-corrected chi connectivity index (χ2v) is 5.24. The molecule has 0 saturated heterocycles. The van der Waals surface area contributed by atoms with E-state index >= 15 is 0 Å². The largest absolute Gasteiger partial charge is 0.332 e. The van der Waals surface area contributed by atoms with Gasteiger partial charge in [-0.05, 0) is 38.4 Å². The Bertz CT molecular complexity index is 460. The quantitative estimate of drug-likeness (QED) is 0.869. The number of halogens is 1. The Morgan fingerprint density at radius 1 is 1.15 bits per heavy atom. The molecule has 0 unspecified atom stereocenters. The number of amides is 2. The number of hydrogen-bond donors (Lipinski definition) is 1. The van der Waals surface area contributed by atoms with Crippen molar-refractivity contribution in [1.82, 2.24) is 9.80 Å². The first-order valence-electron chi connectivity index (χ1n) is 6.34. The molecule has 0 atom stereocenters. The maximum atomic E-state index is 11.9. The van der Waals surface area contributed by atoms with Gasteiger partial charge in [-0.15, -0.1) is 0 Å². The molecule has 5 nitrogen and oxygen atoms in total. The third-order valence-corrected chi connectivity index (χ3v) is 2.98. The van der Waals surface area contributed by atoms with Crippen molar-refractivity contribution in [2.75, 3.05) is 39.0 Å². The van der Waals surface area contributed by atoms with Gasteiger partial charge in [-0.3, -0.25) is 9.59 Å². The number of carbonyl (C=O) groups is 2. The molecule has 110 valence electrons. The fourth-order valence-corrected chi connectivity index (χ4v) is 1.70. The third-order valence-electron chi connectivity index (χ3n) is 2.72. The van der Waals surface area contributed by atoms with E-state index in [-0.39, 0.29) is 18.4 Å². The summed E-state index contributed by atoms with van der Waals surface area (Å²) in [6.07, 6.45) is 0. The number of nitrogens with zero attached hydrogens (tertiary/aromatic N) is 2. The van der Waals surface area contributed by atoms with Crippen molar-refractivity contribution in [2.45, 2.75) is 6.92 Å². The van der Waals surface area contributed by atoms with Crippen LogP contribution in [-0.2, 0) is 9.59 Å². The van der Waals surface area contributed by atoms with E-state index in [0.29, 0.717) is 23.8 Å². The van der Waals surface area contributed by atoms with Gasteiger partial charge in [0.25, 0.3) is 0 Å². The standard InChI is InChI=1S/C14H20ClN3O2/c1-11(19)18(9-8-17(2)3)10-14(20)16-13-6-4-12(15)5-7-13/h4-7H,8-10H2,1-3H3,(H,16,20). The topological polar surface area (TPSA) is 52.7 Å². The second kappa shape index (κ2) is 7.87. The van der Waals surface area contributed by atoms with Crippen molar-refractivity contribution in [3.05, 3.63) is 29.3 Å². The predicted molar refractivity (Wildman–Crippen MR) is 80.9 cm³/mol. The predicted octanol–water partition coefficient (Wildman–Crippen LogP) is 1.69. The highest BCUT2D eigenvalue weighted by molar-refractivity contribution is 6.30. The van der Waals surface area contributed by atoms with Crippen molar-refractivity contribution in [2.24, 2.45) is 0 Å². The summed E-state index contributed by atoms with van der Waals surface area (Å²) >= 11 is 5.77. The van der Waals surface area contributed by atoms with Gasteiger partial charge < -0.3 is 15.1 Å². The first kappa shape index (κ1) is 16.5. The van der Waals surface area contributed by atoms with Crippen molar-refractivity contribution in [3.63, 3.8) is 0 Å². The molecule has 0 saturated carbocycles. The molecule has 0 aliphatic rings. The van der Waals surface area contributed by atoms with Crippen LogP contribution >= 0.6 is 11.6 Å². The lowest BCUT2D eigenvalue weighted by Crippen LogP contribution is -2.40. The molecule has 0 fully saturated rings. The summed E-state index contributed by atoms with van der Waals surface area (Å²) in [5.41, 5.74) is 0.663. The zero-order valence-electron chi connectivity index (χ0n) is 12.0. The molecule has 0 aromatic heterocycles. The molecule has 0 heterocycles. The minimum atomic E-state index is -0.221. The lowest BCUT2D eigenvalue weighted by molar-refractivity contribution is -0.132. The van der Waals surface area contributed by atoms with Gasteiger partial charge in [-0.2, -0.15) is 0 Å². The van der Waals surface area contributed by atoms with Crippen molar-refractivity contribution < 1.29 is 9.59 Å². The summed E-state index contributed by atoms with van der Waals surface area (Å²) < 4.78 is 0. The summed E-state index contributed by atoms with van der Waals surface area (Å²) in [5.74, 6) is -0.334. The van der Waals surface area contributed by atoms with E-state index in [1.807, 2.05) is 19.0 Å². The molecular weight excluding hydrogens is 278 g/mol. The zero-order valence-corrected chi connectivity index (χ0v) is 12.8. The van der Waals surface area contributed by atoms with E-state index in [9.17, 15) is 9.59 Å². The SMILES string of the molecule is CC(=O)N(CCN(C)C)CC(=O)Nc1ccc(Cl)cc1. The van der Waals surface area contributed by atoms with Gasteiger partial charge in [0.05, 0.1) is 6.54 Å². The Morgan fingerprint density at radius 2 is 1.75 bits per heavy atom. The van der Waals surface area contributed by atoms with E-state index in [2.05, 4.69) is 5.32 Å². The van der Waals surface area contributed by atoms with E-state index in [4.69, 9.17) is 11.6 Å². The molecule has 1 aromatic carbocycles. The van der Waals surface area contributed by atoms with E-state index in [0.717, 1.165) is 0 Å². The Kier molecular flexibility index (Phi) is 6.48. The third kappa shape index (κ3) is 6.04. The van der Waals surface area contributed by atoms with Crippen LogP contribution in [0.5, 0.6) is 0 Å². The number of benzene rings is 1. The lowest BCUT2D eigenvalue weighted by atomic mass is 10.3. The molecule has 1 aromatic rings. The summed E-state index contributed by atoms with van der Waals surface area (Å²) in [4.78, 5) is 26.9.